The SMILES string of the molecule is CNC(Cc1ccc(O)cc1)C1CCOCC1. The topological polar surface area (TPSA) is 41.5 Å². The second-order valence-electron chi connectivity index (χ2n) is 4.72. The molecule has 1 heterocycles. The third-order valence-corrected chi connectivity index (χ3v) is 3.60. The van der Waals surface area contributed by atoms with Crippen molar-refractivity contribution >= 4 is 0 Å². The van der Waals surface area contributed by atoms with Crippen molar-refractivity contribution in [1.82, 2.24) is 5.32 Å². The fourth-order valence-electron chi connectivity index (χ4n) is 2.51. The molecule has 1 aromatic rings. The molecule has 0 aromatic heterocycles. The van der Waals surface area contributed by atoms with Crippen LogP contribution >= 0.6 is 0 Å². The monoisotopic (exact) mass is 235 g/mol. The standard InChI is InChI=1S/C14H21NO2/c1-15-14(12-6-8-17-9-7-12)10-11-2-4-13(16)5-3-11/h2-5,12,14-16H,6-10H2,1H3. The molecule has 1 fully saturated rings. The van der Waals surface area contributed by atoms with Crippen molar-refractivity contribution in [3.05, 3.63) is 29.8 Å². The van der Waals surface area contributed by atoms with Gasteiger partial charge in [-0.1, -0.05) is 12.1 Å². The molecule has 0 spiro atoms. The minimum atomic E-state index is 0.334. The fourth-order valence-corrected chi connectivity index (χ4v) is 2.51. The van der Waals surface area contributed by atoms with Crippen LogP contribution in [0.25, 0.3) is 0 Å². The van der Waals surface area contributed by atoms with Crippen molar-refractivity contribution in [2.75, 3.05) is 20.3 Å². The third kappa shape index (κ3) is 3.45. The molecule has 1 atom stereocenters. The first-order valence-corrected chi connectivity index (χ1v) is 6.32. The summed E-state index contributed by atoms with van der Waals surface area (Å²) in [4.78, 5) is 0. The van der Waals surface area contributed by atoms with Gasteiger partial charge in [-0.15, -0.1) is 0 Å². The van der Waals surface area contributed by atoms with Gasteiger partial charge >= 0.3 is 0 Å². The molecule has 0 aliphatic carbocycles. The van der Waals surface area contributed by atoms with Crippen LogP contribution in [0.5, 0.6) is 5.75 Å². The van der Waals surface area contributed by atoms with Gasteiger partial charge in [0.05, 0.1) is 0 Å². The Morgan fingerprint density at radius 1 is 1.29 bits per heavy atom. The zero-order valence-electron chi connectivity index (χ0n) is 10.4. The van der Waals surface area contributed by atoms with Crippen molar-refractivity contribution < 1.29 is 9.84 Å². The normalized spacial score (nSPS) is 19.1. The minimum absolute atomic E-state index is 0.334. The van der Waals surface area contributed by atoms with Gasteiger partial charge in [-0.25, -0.2) is 0 Å². The van der Waals surface area contributed by atoms with E-state index in [0.29, 0.717) is 17.7 Å². The third-order valence-electron chi connectivity index (χ3n) is 3.60. The molecule has 94 valence electrons. The minimum Gasteiger partial charge on any atom is -0.508 e. The largest absolute Gasteiger partial charge is 0.508 e. The van der Waals surface area contributed by atoms with Crippen molar-refractivity contribution in [3.8, 4) is 5.75 Å². The summed E-state index contributed by atoms with van der Waals surface area (Å²) in [5.41, 5.74) is 1.27. The van der Waals surface area contributed by atoms with E-state index in [1.54, 1.807) is 12.1 Å². The molecule has 3 nitrogen and oxygen atoms in total. The van der Waals surface area contributed by atoms with E-state index in [9.17, 15) is 5.11 Å². The smallest absolute Gasteiger partial charge is 0.115 e. The predicted molar refractivity (Wildman–Crippen MR) is 68.2 cm³/mol. The van der Waals surface area contributed by atoms with E-state index in [1.165, 1.54) is 5.56 Å². The van der Waals surface area contributed by atoms with Crippen LogP contribution < -0.4 is 5.32 Å². The summed E-state index contributed by atoms with van der Waals surface area (Å²) >= 11 is 0. The van der Waals surface area contributed by atoms with E-state index in [2.05, 4.69) is 5.32 Å². The number of benzene rings is 1. The van der Waals surface area contributed by atoms with Gasteiger partial charge in [0.1, 0.15) is 5.75 Å². The molecule has 2 rings (SSSR count). The summed E-state index contributed by atoms with van der Waals surface area (Å²) in [7, 11) is 2.03. The van der Waals surface area contributed by atoms with Gasteiger partial charge in [0.2, 0.25) is 0 Å². The molecule has 17 heavy (non-hydrogen) atoms. The summed E-state index contributed by atoms with van der Waals surface area (Å²) in [6, 6.07) is 8.01. The average molecular weight is 235 g/mol. The zero-order valence-corrected chi connectivity index (χ0v) is 10.4. The molecule has 0 saturated carbocycles. The highest BCUT2D eigenvalue weighted by Crippen LogP contribution is 2.22. The maximum Gasteiger partial charge on any atom is 0.115 e. The molecule has 3 heteroatoms. The van der Waals surface area contributed by atoms with E-state index < -0.39 is 0 Å². The van der Waals surface area contributed by atoms with E-state index in [0.717, 1.165) is 32.5 Å². The maximum atomic E-state index is 9.26. The summed E-state index contributed by atoms with van der Waals surface area (Å²) in [5.74, 6) is 1.03. The molecule has 1 unspecified atom stereocenters. The van der Waals surface area contributed by atoms with E-state index in [1.807, 2.05) is 19.2 Å². The second-order valence-corrected chi connectivity index (χ2v) is 4.72. The molecule has 0 amide bonds. The lowest BCUT2D eigenvalue weighted by atomic mass is 9.88. The molecule has 0 bridgehead atoms. The van der Waals surface area contributed by atoms with Gasteiger partial charge in [-0.3, -0.25) is 0 Å². The number of hydrogen-bond acceptors (Lipinski definition) is 3. The van der Waals surface area contributed by atoms with Gasteiger partial charge in [0.15, 0.2) is 0 Å². The zero-order chi connectivity index (χ0) is 12.1. The molecule has 1 aliphatic rings. The Labute approximate surface area is 103 Å². The Hall–Kier alpha value is -1.06. The Morgan fingerprint density at radius 3 is 2.53 bits per heavy atom. The first-order valence-electron chi connectivity index (χ1n) is 6.32. The lowest BCUT2D eigenvalue weighted by Gasteiger charge is -2.30. The second kappa shape index (κ2) is 6.03. The number of rotatable bonds is 4. The van der Waals surface area contributed by atoms with Crippen LogP contribution in [-0.2, 0) is 11.2 Å². The van der Waals surface area contributed by atoms with Crippen LogP contribution in [0.2, 0.25) is 0 Å². The van der Waals surface area contributed by atoms with Crippen LogP contribution in [-0.4, -0.2) is 31.4 Å². The number of nitrogens with one attached hydrogen (secondary N) is 1. The quantitative estimate of drug-likeness (QED) is 0.838. The number of ether oxygens (including phenoxy) is 1. The van der Waals surface area contributed by atoms with Gasteiger partial charge in [0.25, 0.3) is 0 Å². The van der Waals surface area contributed by atoms with Crippen LogP contribution in [0, 0.1) is 5.92 Å². The lowest BCUT2D eigenvalue weighted by Crippen LogP contribution is -2.38. The van der Waals surface area contributed by atoms with Crippen molar-refractivity contribution in [3.63, 3.8) is 0 Å². The predicted octanol–water partition coefficient (Wildman–Crippen LogP) is 1.95. The number of hydrogen-bond donors (Lipinski definition) is 2. The van der Waals surface area contributed by atoms with Crippen LogP contribution in [0.15, 0.2) is 24.3 Å². The number of phenols is 1. The number of phenolic OH excluding ortho intramolecular Hbond substituents is 1. The Morgan fingerprint density at radius 2 is 1.94 bits per heavy atom. The van der Waals surface area contributed by atoms with Gasteiger partial charge < -0.3 is 15.2 Å². The first-order chi connectivity index (χ1) is 8.29. The van der Waals surface area contributed by atoms with Crippen molar-refractivity contribution in [2.24, 2.45) is 5.92 Å². The number of aromatic hydroxyl groups is 1. The maximum absolute atomic E-state index is 9.26. The molecule has 0 radical (unpaired) electrons. The van der Waals surface area contributed by atoms with Gasteiger partial charge in [-0.05, 0) is 49.9 Å². The molecular weight excluding hydrogens is 214 g/mol. The van der Waals surface area contributed by atoms with Gasteiger partial charge in [-0.2, -0.15) is 0 Å². The van der Waals surface area contributed by atoms with Crippen molar-refractivity contribution in [1.29, 1.82) is 0 Å². The summed E-state index contributed by atoms with van der Waals surface area (Å²) in [6.07, 6.45) is 3.30. The van der Waals surface area contributed by atoms with Gasteiger partial charge in [0, 0.05) is 19.3 Å². The summed E-state index contributed by atoms with van der Waals surface area (Å²) in [6.45, 7) is 1.77. The molecule has 1 aromatic carbocycles. The van der Waals surface area contributed by atoms with Crippen LogP contribution in [0.4, 0.5) is 0 Å². The highest BCUT2D eigenvalue weighted by Gasteiger charge is 2.22. The van der Waals surface area contributed by atoms with E-state index in [-0.39, 0.29) is 0 Å². The lowest BCUT2D eigenvalue weighted by molar-refractivity contribution is 0.0547. The number of likely N-dealkylation sites (N-methyl/N-ethyl adjacent to an activating group) is 1. The fraction of sp³-hybridized carbons (Fsp3) is 0.571. The Balaban J connectivity index is 1.96. The molecule has 1 aliphatic heterocycles. The van der Waals surface area contributed by atoms with E-state index in [4.69, 9.17) is 4.74 Å². The summed E-state index contributed by atoms with van der Waals surface area (Å²) < 4.78 is 5.40. The van der Waals surface area contributed by atoms with Crippen molar-refractivity contribution in [2.45, 2.75) is 25.3 Å². The molecule has 1 saturated heterocycles. The molecular formula is C14H21NO2. The first kappa shape index (κ1) is 12.4. The highest BCUT2D eigenvalue weighted by molar-refractivity contribution is 5.26. The van der Waals surface area contributed by atoms with E-state index >= 15 is 0 Å². The Bertz CT molecular complexity index is 331. The van der Waals surface area contributed by atoms with Crippen LogP contribution in [0.1, 0.15) is 18.4 Å². The average Bonchev–Trinajstić information content (AvgIpc) is 2.39. The molecule has 2 N–H and O–H groups in total. The van der Waals surface area contributed by atoms with Crippen LogP contribution in [0.3, 0.4) is 0 Å². The summed E-state index contributed by atoms with van der Waals surface area (Å²) in [5, 5.41) is 12.7. The Kier molecular flexibility index (Phi) is 4.40. The highest BCUT2D eigenvalue weighted by atomic mass is 16.5.